The summed E-state index contributed by atoms with van der Waals surface area (Å²) in [5, 5.41) is 1.30. The molecule has 1 aromatic carbocycles. The Labute approximate surface area is 111 Å². The molecule has 1 unspecified atom stereocenters. The van der Waals surface area contributed by atoms with E-state index in [4.69, 9.17) is 33.8 Å². The zero-order valence-corrected chi connectivity index (χ0v) is 11.0. The SMILES string of the molecule is NNC(c1ccc(Cl)cc1Cl)C1CCOCC1. The van der Waals surface area contributed by atoms with Gasteiger partial charge in [-0.15, -0.1) is 0 Å². The summed E-state index contributed by atoms with van der Waals surface area (Å²) >= 11 is 12.1. The summed E-state index contributed by atoms with van der Waals surface area (Å²) < 4.78 is 5.36. The van der Waals surface area contributed by atoms with Crippen LogP contribution in [0.3, 0.4) is 0 Å². The molecule has 94 valence electrons. The fraction of sp³-hybridized carbons (Fsp3) is 0.500. The molecule has 1 saturated heterocycles. The van der Waals surface area contributed by atoms with Crippen molar-refractivity contribution in [3.8, 4) is 0 Å². The predicted octanol–water partition coefficient (Wildman–Crippen LogP) is 2.92. The number of hydrogen-bond donors (Lipinski definition) is 2. The Kier molecular flexibility index (Phi) is 4.65. The Bertz CT molecular complexity index is 381. The van der Waals surface area contributed by atoms with E-state index in [1.165, 1.54) is 0 Å². The Hall–Kier alpha value is -0.320. The molecule has 1 fully saturated rings. The minimum absolute atomic E-state index is 0.0590. The lowest BCUT2D eigenvalue weighted by Gasteiger charge is -2.30. The van der Waals surface area contributed by atoms with Gasteiger partial charge >= 0.3 is 0 Å². The molecule has 1 aliphatic rings. The first kappa shape index (κ1) is 13.1. The van der Waals surface area contributed by atoms with Gasteiger partial charge in [-0.2, -0.15) is 0 Å². The topological polar surface area (TPSA) is 47.3 Å². The van der Waals surface area contributed by atoms with Crippen molar-refractivity contribution >= 4 is 23.2 Å². The molecule has 0 saturated carbocycles. The third-order valence-electron chi connectivity index (χ3n) is 3.21. The summed E-state index contributed by atoms with van der Waals surface area (Å²) in [4.78, 5) is 0. The van der Waals surface area contributed by atoms with Gasteiger partial charge in [-0.25, -0.2) is 0 Å². The van der Waals surface area contributed by atoms with Gasteiger partial charge in [0.15, 0.2) is 0 Å². The summed E-state index contributed by atoms with van der Waals surface area (Å²) in [6.45, 7) is 1.57. The van der Waals surface area contributed by atoms with Crippen LogP contribution in [0.25, 0.3) is 0 Å². The van der Waals surface area contributed by atoms with Crippen molar-refractivity contribution in [1.29, 1.82) is 0 Å². The summed E-state index contributed by atoms with van der Waals surface area (Å²) in [7, 11) is 0. The molecule has 3 N–H and O–H groups in total. The van der Waals surface area contributed by atoms with E-state index < -0.39 is 0 Å². The largest absolute Gasteiger partial charge is 0.381 e. The van der Waals surface area contributed by atoms with Crippen LogP contribution in [0, 0.1) is 5.92 Å². The van der Waals surface area contributed by atoms with E-state index in [0.29, 0.717) is 16.0 Å². The summed E-state index contributed by atoms with van der Waals surface area (Å²) in [6, 6.07) is 5.59. The molecule has 3 nitrogen and oxygen atoms in total. The number of rotatable bonds is 3. The van der Waals surface area contributed by atoms with Crippen LogP contribution in [0.5, 0.6) is 0 Å². The van der Waals surface area contributed by atoms with Crippen molar-refractivity contribution in [2.24, 2.45) is 11.8 Å². The van der Waals surface area contributed by atoms with Gasteiger partial charge in [0.2, 0.25) is 0 Å². The maximum absolute atomic E-state index is 6.21. The molecule has 0 amide bonds. The molecule has 2 rings (SSSR count). The van der Waals surface area contributed by atoms with E-state index in [1.807, 2.05) is 12.1 Å². The number of benzene rings is 1. The summed E-state index contributed by atoms with van der Waals surface area (Å²) in [5.41, 5.74) is 3.87. The van der Waals surface area contributed by atoms with Crippen LogP contribution in [0.4, 0.5) is 0 Å². The van der Waals surface area contributed by atoms with Crippen molar-refractivity contribution in [2.45, 2.75) is 18.9 Å². The highest BCUT2D eigenvalue weighted by Crippen LogP contribution is 2.34. The van der Waals surface area contributed by atoms with E-state index in [9.17, 15) is 0 Å². The lowest BCUT2D eigenvalue weighted by atomic mass is 9.87. The molecule has 1 atom stereocenters. The highest BCUT2D eigenvalue weighted by atomic mass is 35.5. The van der Waals surface area contributed by atoms with Gasteiger partial charge < -0.3 is 4.74 Å². The zero-order valence-electron chi connectivity index (χ0n) is 9.46. The van der Waals surface area contributed by atoms with Crippen LogP contribution in [-0.2, 0) is 4.74 Å². The molecule has 17 heavy (non-hydrogen) atoms. The Morgan fingerprint density at radius 1 is 1.29 bits per heavy atom. The normalized spacial score (nSPS) is 19.2. The Balaban J connectivity index is 2.21. The van der Waals surface area contributed by atoms with Crippen molar-refractivity contribution in [2.75, 3.05) is 13.2 Å². The third-order valence-corrected chi connectivity index (χ3v) is 3.78. The molecule has 1 heterocycles. The van der Waals surface area contributed by atoms with Gasteiger partial charge in [0.1, 0.15) is 0 Å². The van der Waals surface area contributed by atoms with Gasteiger partial charge in [0.05, 0.1) is 6.04 Å². The van der Waals surface area contributed by atoms with E-state index in [-0.39, 0.29) is 6.04 Å². The zero-order chi connectivity index (χ0) is 12.3. The standard InChI is InChI=1S/C12H16Cl2N2O/c13-9-1-2-10(11(14)7-9)12(16-15)8-3-5-17-6-4-8/h1-2,7-8,12,16H,3-6,15H2. The molecule has 0 aliphatic carbocycles. The van der Waals surface area contributed by atoms with Crippen LogP contribution in [0.2, 0.25) is 10.0 Å². The monoisotopic (exact) mass is 274 g/mol. The van der Waals surface area contributed by atoms with E-state index >= 15 is 0 Å². The van der Waals surface area contributed by atoms with Crippen LogP contribution < -0.4 is 11.3 Å². The van der Waals surface area contributed by atoms with Crippen molar-refractivity contribution in [3.05, 3.63) is 33.8 Å². The van der Waals surface area contributed by atoms with Gasteiger partial charge in [0, 0.05) is 23.3 Å². The molecule has 1 aliphatic heterocycles. The van der Waals surface area contributed by atoms with Crippen molar-refractivity contribution in [3.63, 3.8) is 0 Å². The number of hydrazine groups is 1. The lowest BCUT2D eigenvalue weighted by molar-refractivity contribution is 0.0536. The van der Waals surface area contributed by atoms with Gasteiger partial charge in [-0.05, 0) is 36.5 Å². The average Bonchev–Trinajstić information content (AvgIpc) is 2.34. The fourth-order valence-electron chi connectivity index (χ4n) is 2.28. The molecule has 5 heteroatoms. The second kappa shape index (κ2) is 6.03. The predicted molar refractivity (Wildman–Crippen MR) is 70.1 cm³/mol. The van der Waals surface area contributed by atoms with Crippen molar-refractivity contribution < 1.29 is 4.74 Å². The first-order valence-corrected chi connectivity index (χ1v) is 6.47. The highest BCUT2D eigenvalue weighted by molar-refractivity contribution is 6.35. The molecule has 0 bridgehead atoms. The van der Waals surface area contributed by atoms with Gasteiger partial charge in [-0.1, -0.05) is 29.3 Å². The fourth-order valence-corrected chi connectivity index (χ4v) is 2.81. The van der Waals surface area contributed by atoms with E-state index in [0.717, 1.165) is 31.6 Å². The van der Waals surface area contributed by atoms with Crippen LogP contribution in [-0.4, -0.2) is 13.2 Å². The Morgan fingerprint density at radius 2 is 2.00 bits per heavy atom. The quantitative estimate of drug-likeness (QED) is 0.658. The summed E-state index contributed by atoms with van der Waals surface area (Å²) in [5.74, 6) is 6.11. The molecule has 0 aromatic heterocycles. The third kappa shape index (κ3) is 3.12. The lowest BCUT2D eigenvalue weighted by Crippen LogP contribution is -2.36. The van der Waals surface area contributed by atoms with Gasteiger partial charge in [-0.3, -0.25) is 11.3 Å². The number of halogens is 2. The first-order chi connectivity index (χ1) is 8.22. The highest BCUT2D eigenvalue weighted by Gasteiger charge is 2.26. The van der Waals surface area contributed by atoms with Crippen LogP contribution in [0.1, 0.15) is 24.4 Å². The van der Waals surface area contributed by atoms with Gasteiger partial charge in [0.25, 0.3) is 0 Å². The number of hydrogen-bond acceptors (Lipinski definition) is 3. The second-order valence-electron chi connectivity index (χ2n) is 4.26. The Morgan fingerprint density at radius 3 is 2.59 bits per heavy atom. The molecule has 1 aromatic rings. The maximum atomic E-state index is 6.21. The summed E-state index contributed by atoms with van der Waals surface area (Å²) in [6.07, 6.45) is 1.99. The molecule has 0 radical (unpaired) electrons. The van der Waals surface area contributed by atoms with E-state index in [1.54, 1.807) is 6.07 Å². The average molecular weight is 275 g/mol. The molecule has 0 spiro atoms. The maximum Gasteiger partial charge on any atom is 0.0504 e. The number of nitrogens with two attached hydrogens (primary N) is 1. The number of nitrogens with one attached hydrogen (secondary N) is 1. The minimum atomic E-state index is 0.0590. The van der Waals surface area contributed by atoms with Crippen molar-refractivity contribution in [1.82, 2.24) is 5.43 Å². The smallest absolute Gasteiger partial charge is 0.0504 e. The minimum Gasteiger partial charge on any atom is -0.381 e. The molecular formula is C12H16Cl2N2O. The number of ether oxygens (including phenoxy) is 1. The molecular weight excluding hydrogens is 259 g/mol. The van der Waals surface area contributed by atoms with Crippen LogP contribution >= 0.6 is 23.2 Å². The second-order valence-corrected chi connectivity index (χ2v) is 5.10. The first-order valence-electron chi connectivity index (χ1n) is 5.71. The van der Waals surface area contributed by atoms with E-state index in [2.05, 4.69) is 5.43 Å². The van der Waals surface area contributed by atoms with Crippen LogP contribution in [0.15, 0.2) is 18.2 Å².